The van der Waals surface area contributed by atoms with Crippen molar-refractivity contribution in [2.45, 2.75) is 18.9 Å². The van der Waals surface area contributed by atoms with Crippen LogP contribution in [0.15, 0.2) is 17.2 Å². The van der Waals surface area contributed by atoms with Crippen molar-refractivity contribution in [2.75, 3.05) is 0 Å². The van der Waals surface area contributed by atoms with E-state index in [1.807, 2.05) is 0 Å². The predicted octanol–water partition coefficient (Wildman–Crippen LogP) is 2.58. The average molecular weight is 299 g/mol. The molecule has 1 saturated carbocycles. The van der Waals surface area contributed by atoms with Gasteiger partial charge in [-0.25, -0.2) is 14.2 Å². The fraction of sp³-hybridized carbons (Fsp3) is 0.250. The highest BCUT2D eigenvalue weighted by atomic mass is 35.5. The Hall–Kier alpha value is -2.15. The molecule has 2 aromatic heterocycles. The Kier molecular flexibility index (Phi) is 2.86. The van der Waals surface area contributed by atoms with Gasteiger partial charge in [0.2, 0.25) is 5.43 Å². The molecule has 0 radical (unpaired) electrons. The van der Waals surface area contributed by atoms with Gasteiger partial charge < -0.3 is 14.4 Å². The van der Waals surface area contributed by atoms with Crippen LogP contribution in [0.2, 0.25) is 5.15 Å². The van der Waals surface area contributed by atoms with Crippen molar-refractivity contribution in [3.63, 3.8) is 0 Å². The molecule has 1 fully saturated rings. The van der Waals surface area contributed by atoms with Crippen LogP contribution in [0.1, 0.15) is 18.9 Å². The minimum Gasteiger partial charge on any atom is -0.449 e. The Morgan fingerprint density at radius 2 is 2.25 bits per heavy atom. The lowest BCUT2D eigenvalue weighted by Crippen LogP contribution is -2.17. The molecule has 2 heterocycles. The molecule has 3 rings (SSSR count). The minimum absolute atomic E-state index is 0.00205. The molecule has 0 unspecified atom stereocenters. The number of rotatable bonds is 2. The molecule has 0 spiro atoms. The van der Waals surface area contributed by atoms with Crippen LogP contribution in [-0.4, -0.2) is 20.8 Å². The predicted molar refractivity (Wildman–Crippen MR) is 67.9 cm³/mol. The summed E-state index contributed by atoms with van der Waals surface area (Å²) in [6, 6.07) is 0.00205. The van der Waals surface area contributed by atoms with Gasteiger partial charge in [0, 0.05) is 12.2 Å². The molecule has 0 amide bonds. The van der Waals surface area contributed by atoms with Crippen molar-refractivity contribution < 1.29 is 19.0 Å². The molecular formula is C12H8ClFN2O4. The standard InChI is InChI=1S/C12H8ClFN2O4/c13-11-8(14)9-6(3-15-11)10(17)7(20-12(18)19)4-16(9)5-1-2-5/h3-5H,1-2H2,(H,18,19). The highest BCUT2D eigenvalue weighted by Crippen LogP contribution is 2.38. The van der Waals surface area contributed by atoms with E-state index in [1.165, 1.54) is 10.8 Å². The zero-order valence-electron chi connectivity index (χ0n) is 9.97. The number of carbonyl (C=O) groups is 1. The Morgan fingerprint density at radius 1 is 1.55 bits per heavy atom. The number of fused-ring (bicyclic) bond motifs is 1. The van der Waals surface area contributed by atoms with Gasteiger partial charge >= 0.3 is 6.16 Å². The maximum Gasteiger partial charge on any atom is 0.511 e. The van der Waals surface area contributed by atoms with Crippen LogP contribution in [0, 0.1) is 5.82 Å². The molecule has 1 N–H and O–H groups in total. The molecular weight excluding hydrogens is 291 g/mol. The third-order valence-corrected chi connectivity index (χ3v) is 3.34. The number of nitrogens with zero attached hydrogens (tertiary/aromatic N) is 2. The van der Waals surface area contributed by atoms with E-state index in [9.17, 15) is 14.0 Å². The Morgan fingerprint density at radius 3 is 2.85 bits per heavy atom. The van der Waals surface area contributed by atoms with E-state index in [0.29, 0.717) is 0 Å². The van der Waals surface area contributed by atoms with Crippen LogP contribution in [0.4, 0.5) is 9.18 Å². The average Bonchev–Trinajstić information content (AvgIpc) is 3.20. The molecule has 0 saturated heterocycles. The largest absolute Gasteiger partial charge is 0.511 e. The van der Waals surface area contributed by atoms with Gasteiger partial charge in [0.15, 0.2) is 16.7 Å². The monoisotopic (exact) mass is 298 g/mol. The summed E-state index contributed by atoms with van der Waals surface area (Å²) in [4.78, 5) is 26.2. The second-order valence-corrected chi connectivity index (χ2v) is 4.81. The highest BCUT2D eigenvalue weighted by Gasteiger charge is 2.28. The van der Waals surface area contributed by atoms with Gasteiger partial charge in [-0.2, -0.15) is 0 Å². The third kappa shape index (κ3) is 2.00. The SMILES string of the molecule is O=C(O)Oc1cn(C2CC2)c2c(F)c(Cl)ncc2c1=O. The van der Waals surface area contributed by atoms with Crippen LogP contribution in [0.5, 0.6) is 5.75 Å². The summed E-state index contributed by atoms with van der Waals surface area (Å²) < 4.78 is 20.0. The van der Waals surface area contributed by atoms with Crippen LogP contribution in [0.25, 0.3) is 10.9 Å². The van der Waals surface area contributed by atoms with E-state index in [1.54, 1.807) is 0 Å². The second kappa shape index (κ2) is 4.45. The zero-order valence-corrected chi connectivity index (χ0v) is 10.7. The number of hydrogen-bond donors (Lipinski definition) is 1. The first-order valence-electron chi connectivity index (χ1n) is 5.78. The molecule has 0 atom stereocenters. The maximum absolute atomic E-state index is 14.1. The van der Waals surface area contributed by atoms with Crippen molar-refractivity contribution >= 4 is 28.7 Å². The normalized spacial score (nSPS) is 14.5. The van der Waals surface area contributed by atoms with Gasteiger partial charge in [-0.15, -0.1) is 0 Å². The van der Waals surface area contributed by atoms with Gasteiger partial charge in [0.1, 0.15) is 0 Å². The number of aromatic nitrogens is 2. The number of carboxylic acid groups (broad SMARTS) is 1. The molecule has 0 aliphatic heterocycles. The number of hydrogen-bond acceptors (Lipinski definition) is 4. The van der Waals surface area contributed by atoms with Crippen molar-refractivity contribution in [1.82, 2.24) is 9.55 Å². The molecule has 8 heteroatoms. The lowest BCUT2D eigenvalue weighted by molar-refractivity contribution is 0.143. The first-order chi connectivity index (χ1) is 9.49. The van der Waals surface area contributed by atoms with Crippen LogP contribution >= 0.6 is 11.6 Å². The number of ether oxygens (including phenoxy) is 1. The van der Waals surface area contributed by atoms with E-state index in [4.69, 9.17) is 16.7 Å². The first kappa shape index (κ1) is 12.9. The smallest absolute Gasteiger partial charge is 0.449 e. The molecule has 0 bridgehead atoms. The molecule has 1 aliphatic carbocycles. The molecule has 104 valence electrons. The van der Waals surface area contributed by atoms with E-state index in [2.05, 4.69) is 9.72 Å². The summed E-state index contributed by atoms with van der Waals surface area (Å²) in [5, 5.41) is 8.23. The minimum atomic E-state index is -1.61. The maximum atomic E-state index is 14.1. The van der Waals surface area contributed by atoms with E-state index >= 15 is 0 Å². The molecule has 2 aromatic rings. The quantitative estimate of drug-likeness (QED) is 0.680. The van der Waals surface area contributed by atoms with Crippen molar-refractivity contribution in [3.8, 4) is 5.75 Å². The van der Waals surface area contributed by atoms with Crippen molar-refractivity contribution in [2.24, 2.45) is 0 Å². The van der Waals surface area contributed by atoms with Crippen molar-refractivity contribution in [3.05, 3.63) is 33.6 Å². The summed E-state index contributed by atoms with van der Waals surface area (Å²) in [7, 11) is 0. The van der Waals surface area contributed by atoms with E-state index in [0.717, 1.165) is 19.0 Å². The fourth-order valence-corrected chi connectivity index (χ4v) is 2.20. The highest BCUT2D eigenvalue weighted by molar-refractivity contribution is 6.30. The molecule has 0 aromatic carbocycles. The summed E-state index contributed by atoms with van der Waals surface area (Å²) in [5.74, 6) is -1.17. The second-order valence-electron chi connectivity index (χ2n) is 4.45. The lowest BCUT2D eigenvalue weighted by Gasteiger charge is -2.12. The Labute approximate surface area is 116 Å². The van der Waals surface area contributed by atoms with Gasteiger partial charge in [-0.1, -0.05) is 11.6 Å². The summed E-state index contributed by atoms with van der Waals surface area (Å²) in [5.41, 5.74) is -0.711. The molecule has 20 heavy (non-hydrogen) atoms. The fourth-order valence-electron chi connectivity index (χ4n) is 2.06. The third-order valence-electron chi connectivity index (χ3n) is 3.07. The summed E-state index contributed by atoms with van der Waals surface area (Å²) in [6.45, 7) is 0. The van der Waals surface area contributed by atoms with Crippen LogP contribution in [0.3, 0.4) is 0 Å². The summed E-state index contributed by atoms with van der Waals surface area (Å²) in [6.07, 6.45) is 2.34. The Bertz CT molecular complexity index is 785. The van der Waals surface area contributed by atoms with Gasteiger partial charge in [0.05, 0.1) is 17.1 Å². The van der Waals surface area contributed by atoms with Crippen LogP contribution < -0.4 is 10.2 Å². The van der Waals surface area contributed by atoms with Crippen molar-refractivity contribution in [1.29, 1.82) is 0 Å². The topological polar surface area (TPSA) is 81.4 Å². The van der Waals surface area contributed by atoms with E-state index in [-0.39, 0.29) is 27.8 Å². The van der Waals surface area contributed by atoms with Gasteiger partial charge in [0.25, 0.3) is 0 Å². The first-order valence-corrected chi connectivity index (χ1v) is 6.16. The number of pyridine rings is 2. The van der Waals surface area contributed by atoms with Gasteiger partial charge in [-0.3, -0.25) is 4.79 Å². The van der Waals surface area contributed by atoms with Gasteiger partial charge in [-0.05, 0) is 12.8 Å². The van der Waals surface area contributed by atoms with E-state index < -0.39 is 17.4 Å². The molecule has 6 nitrogen and oxygen atoms in total. The lowest BCUT2D eigenvalue weighted by atomic mass is 10.2. The number of halogens is 2. The summed E-state index contributed by atoms with van der Waals surface area (Å²) >= 11 is 5.63. The van der Waals surface area contributed by atoms with Crippen LogP contribution in [-0.2, 0) is 0 Å². The molecule has 1 aliphatic rings. The zero-order chi connectivity index (χ0) is 14.4. The Balaban J connectivity index is 2.36.